The monoisotopic (exact) mass is 366 g/mol. The van der Waals surface area contributed by atoms with Crippen molar-refractivity contribution >= 4 is 12.0 Å². The molecule has 0 radical (unpaired) electrons. The molecule has 3 rings (SSSR count). The van der Waals surface area contributed by atoms with Crippen molar-refractivity contribution in [2.24, 2.45) is 0 Å². The third-order valence-corrected chi connectivity index (χ3v) is 4.40. The van der Waals surface area contributed by atoms with Crippen LogP contribution in [0.1, 0.15) is 30.5 Å². The average Bonchev–Trinajstić information content (AvgIpc) is 2.68. The summed E-state index contributed by atoms with van der Waals surface area (Å²) in [5, 5.41) is 15.2. The molecule has 1 unspecified atom stereocenters. The first-order valence-corrected chi connectivity index (χ1v) is 8.89. The van der Waals surface area contributed by atoms with Crippen molar-refractivity contribution < 1.29 is 19.4 Å². The molecule has 6 nitrogen and oxygen atoms in total. The summed E-state index contributed by atoms with van der Waals surface area (Å²) in [6.07, 6.45) is 1.09. The maximum absolute atomic E-state index is 12.8. The van der Waals surface area contributed by atoms with Gasteiger partial charge in [-0.25, -0.2) is 9.59 Å². The molecular weight excluding hydrogens is 344 g/mol. The maximum atomic E-state index is 12.8. The van der Waals surface area contributed by atoms with Crippen LogP contribution in [0.2, 0.25) is 0 Å². The van der Waals surface area contributed by atoms with Crippen molar-refractivity contribution in [1.82, 2.24) is 10.6 Å². The number of phenolic OH excluding ortho intramolecular Hbond substituents is 1. The summed E-state index contributed by atoms with van der Waals surface area (Å²) in [5.74, 6) is -0.418. The molecule has 1 heterocycles. The topological polar surface area (TPSA) is 87.7 Å². The van der Waals surface area contributed by atoms with Gasteiger partial charge in [0, 0.05) is 12.1 Å². The van der Waals surface area contributed by atoms with E-state index >= 15 is 0 Å². The van der Waals surface area contributed by atoms with Crippen LogP contribution in [0.25, 0.3) is 0 Å². The Bertz CT molecular complexity index is 861. The lowest BCUT2D eigenvalue weighted by atomic mass is 9.94. The molecule has 0 bridgehead atoms. The second-order valence-corrected chi connectivity index (χ2v) is 6.24. The SMILES string of the molecule is CCC1=C(C(=O)OCCc2ccccc2)C(c2cccc(O)c2)NC(=O)N1. The number of benzene rings is 2. The number of carbonyl (C=O) groups is 2. The Hall–Kier alpha value is -3.28. The number of nitrogens with one attached hydrogen (secondary N) is 2. The number of amides is 2. The van der Waals surface area contributed by atoms with E-state index < -0.39 is 12.0 Å². The van der Waals surface area contributed by atoms with E-state index in [4.69, 9.17) is 4.74 Å². The smallest absolute Gasteiger partial charge is 0.338 e. The average molecular weight is 366 g/mol. The number of urea groups is 1. The Kier molecular flexibility index (Phi) is 5.76. The molecule has 3 N–H and O–H groups in total. The molecule has 0 spiro atoms. The van der Waals surface area contributed by atoms with Gasteiger partial charge in [0.15, 0.2) is 0 Å². The molecule has 1 aliphatic heterocycles. The minimum Gasteiger partial charge on any atom is -0.508 e. The standard InChI is InChI=1S/C21H22N2O4/c1-2-17-18(20(25)27-12-11-14-7-4-3-5-8-14)19(23-21(26)22-17)15-9-6-10-16(24)13-15/h3-10,13,19,24H,2,11-12H2,1H3,(H2,22,23,26). The summed E-state index contributed by atoms with van der Waals surface area (Å²) in [6.45, 7) is 2.10. The Morgan fingerprint density at radius 3 is 2.63 bits per heavy atom. The molecule has 0 saturated carbocycles. The number of esters is 1. The molecule has 2 aromatic carbocycles. The van der Waals surface area contributed by atoms with E-state index in [-0.39, 0.29) is 18.4 Å². The summed E-state index contributed by atoms with van der Waals surface area (Å²) in [5.41, 5.74) is 2.58. The van der Waals surface area contributed by atoms with Gasteiger partial charge in [-0.05, 0) is 29.7 Å². The van der Waals surface area contributed by atoms with Gasteiger partial charge in [-0.1, -0.05) is 49.4 Å². The predicted molar refractivity (Wildman–Crippen MR) is 101 cm³/mol. The highest BCUT2D eigenvalue weighted by molar-refractivity contribution is 5.95. The summed E-state index contributed by atoms with van der Waals surface area (Å²) < 4.78 is 5.48. The summed E-state index contributed by atoms with van der Waals surface area (Å²) in [7, 11) is 0. The van der Waals surface area contributed by atoms with Gasteiger partial charge in [-0.3, -0.25) is 0 Å². The Balaban J connectivity index is 1.81. The van der Waals surface area contributed by atoms with Crippen molar-refractivity contribution in [3.63, 3.8) is 0 Å². The highest BCUT2D eigenvalue weighted by Crippen LogP contribution is 2.30. The zero-order valence-electron chi connectivity index (χ0n) is 15.1. The second kappa shape index (κ2) is 8.40. The fraction of sp³-hybridized carbons (Fsp3) is 0.238. The number of carbonyl (C=O) groups excluding carboxylic acids is 2. The number of hydrogen-bond acceptors (Lipinski definition) is 4. The first-order chi connectivity index (χ1) is 13.1. The Labute approximate surface area is 157 Å². The van der Waals surface area contributed by atoms with Crippen LogP contribution in [0.15, 0.2) is 65.9 Å². The molecule has 0 fully saturated rings. The fourth-order valence-corrected chi connectivity index (χ4v) is 3.08. The molecule has 1 aliphatic rings. The van der Waals surface area contributed by atoms with E-state index in [1.54, 1.807) is 12.1 Å². The van der Waals surface area contributed by atoms with Crippen LogP contribution >= 0.6 is 0 Å². The zero-order valence-corrected chi connectivity index (χ0v) is 15.1. The van der Waals surface area contributed by atoms with E-state index in [1.807, 2.05) is 37.3 Å². The van der Waals surface area contributed by atoms with Crippen LogP contribution in [0.5, 0.6) is 5.75 Å². The summed E-state index contributed by atoms with van der Waals surface area (Å²) >= 11 is 0. The van der Waals surface area contributed by atoms with E-state index in [0.29, 0.717) is 29.7 Å². The van der Waals surface area contributed by atoms with E-state index in [2.05, 4.69) is 10.6 Å². The van der Waals surface area contributed by atoms with Gasteiger partial charge >= 0.3 is 12.0 Å². The molecule has 27 heavy (non-hydrogen) atoms. The van der Waals surface area contributed by atoms with Crippen LogP contribution in [0, 0.1) is 0 Å². The first-order valence-electron chi connectivity index (χ1n) is 8.89. The molecule has 0 aliphatic carbocycles. The number of allylic oxidation sites excluding steroid dienone is 1. The minimum atomic E-state index is -0.676. The Morgan fingerprint density at radius 2 is 1.93 bits per heavy atom. The lowest BCUT2D eigenvalue weighted by Gasteiger charge is -2.29. The molecule has 140 valence electrons. The van der Waals surface area contributed by atoms with Gasteiger partial charge in [-0.2, -0.15) is 0 Å². The third kappa shape index (κ3) is 4.47. The van der Waals surface area contributed by atoms with Crippen LogP contribution in [0.3, 0.4) is 0 Å². The number of rotatable bonds is 6. The van der Waals surface area contributed by atoms with Crippen LogP contribution < -0.4 is 10.6 Å². The van der Waals surface area contributed by atoms with Crippen molar-refractivity contribution in [2.45, 2.75) is 25.8 Å². The van der Waals surface area contributed by atoms with Crippen molar-refractivity contribution in [3.8, 4) is 5.75 Å². The van der Waals surface area contributed by atoms with Crippen molar-refractivity contribution in [2.75, 3.05) is 6.61 Å². The van der Waals surface area contributed by atoms with E-state index in [9.17, 15) is 14.7 Å². The largest absolute Gasteiger partial charge is 0.508 e. The normalized spacial score (nSPS) is 16.5. The molecule has 0 aromatic heterocycles. The van der Waals surface area contributed by atoms with E-state index in [1.165, 1.54) is 12.1 Å². The van der Waals surface area contributed by atoms with Gasteiger partial charge in [-0.15, -0.1) is 0 Å². The molecule has 0 saturated heterocycles. The lowest BCUT2D eigenvalue weighted by molar-refractivity contribution is -0.139. The maximum Gasteiger partial charge on any atom is 0.338 e. The first kappa shape index (κ1) is 18.5. The van der Waals surface area contributed by atoms with Gasteiger partial charge < -0.3 is 20.5 Å². The quantitative estimate of drug-likeness (QED) is 0.685. The second-order valence-electron chi connectivity index (χ2n) is 6.24. The zero-order chi connectivity index (χ0) is 19.2. The van der Waals surface area contributed by atoms with Gasteiger partial charge in [0.1, 0.15) is 5.75 Å². The predicted octanol–water partition coefficient (Wildman–Crippen LogP) is 3.20. The molecule has 2 amide bonds. The summed E-state index contributed by atoms with van der Waals surface area (Å²) in [4.78, 5) is 24.8. The Morgan fingerprint density at radius 1 is 1.15 bits per heavy atom. The third-order valence-electron chi connectivity index (χ3n) is 4.40. The van der Waals surface area contributed by atoms with Crippen molar-refractivity contribution in [3.05, 3.63) is 77.0 Å². The molecule has 1 atom stereocenters. The lowest BCUT2D eigenvalue weighted by Crippen LogP contribution is -2.45. The van der Waals surface area contributed by atoms with Crippen LogP contribution in [-0.4, -0.2) is 23.7 Å². The number of hydrogen-bond donors (Lipinski definition) is 3. The highest BCUT2D eigenvalue weighted by atomic mass is 16.5. The van der Waals surface area contributed by atoms with Crippen LogP contribution in [0.4, 0.5) is 4.79 Å². The molecule has 2 aromatic rings. The van der Waals surface area contributed by atoms with Gasteiger partial charge in [0.25, 0.3) is 0 Å². The summed E-state index contributed by atoms with van der Waals surface area (Å²) in [6, 6.07) is 15.2. The number of ether oxygens (including phenoxy) is 1. The van der Waals surface area contributed by atoms with Gasteiger partial charge in [0.05, 0.1) is 18.2 Å². The molecular formula is C21H22N2O4. The van der Waals surface area contributed by atoms with Crippen LogP contribution in [-0.2, 0) is 16.0 Å². The highest BCUT2D eigenvalue weighted by Gasteiger charge is 2.33. The molecule has 6 heteroatoms. The fourth-order valence-electron chi connectivity index (χ4n) is 3.08. The number of phenols is 1. The van der Waals surface area contributed by atoms with E-state index in [0.717, 1.165) is 5.56 Å². The van der Waals surface area contributed by atoms with Crippen molar-refractivity contribution in [1.29, 1.82) is 0 Å². The minimum absolute atomic E-state index is 0.0649. The van der Waals surface area contributed by atoms with Gasteiger partial charge in [0.2, 0.25) is 0 Å². The number of aromatic hydroxyl groups is 1.